The van der Waals surface area contributed by atoms with Gasteiger partial charge in [-0.15, -0.1) is 0 Å². The molecule has 7 heteroatoms. The number of rotatable bonds is 2. The van der Waals surface area contributed by atoms with E-state index in [-0.39, 0.29) is 0 Å². The van der Waals surface area contributed by atoms with Crippen molar-refractivity contribution >= 4 is 20.8 Å². The zero-order chi connectivity index (χ0) is 13.1. The molecule has 0 aliphatic rings. The molecule has 0 aliphatic carbocycles. The van der Waals surface area contributed by atoms with Crippen LogP contribution < -0.4 is 5.32 Å². The number of nitrogens with one attached hydrogen (secondary N) is 1. The average molecular weight is 250 g/mol. The van der Waals surface area contributed by atoms with E-state index >= 15 is 0 Å². The molecule has 0 saturated heterocycles. The quantitative estimate of drug-likeness (QED) is 0.317. The van der Waals surface area contributed by atoms with Crippen molar-refractivity contribution in [2.24, 2.45) is 16.5 Å². The van der Waals surface area contributed by atoms with Gasteiger partial charge >= 0.3 is 0 Å². The minimum Gasteiger partial charge on any atom is -0.410 e. The second-order valence-electron chi connectivity index (χ2n) is 4.62. The van der Waals surface area contributed by atoms with Crippen LogP contribution in [0.25, 0.3) is 0 Å². The summed E-state index contributed by atoms with van der Waals surface area (Å²) in [4.78, 5) is 11.6. The first kappa shape index (κ1) is 14.9. The lowest BCUT2D eigenvalue weighted by Gasteiger charge is -2.28. The number of carbonyl (C=O) groups excluding carboxylic acids is 1. The predicted octanol–water partition coefficient (Wildman–Crippen LogP) is 0.227. The summed E-state index contributed by atoms with van der Waals surface area (Å²) in [5.41, 5.74) is -0.662. The van der Waals surface area contributed by atoms with Crippen molar-refractivity contribution in [3.05, 3.63) is 0 Å². The molecule has 2 N–H and O–H groups in total. The monoisotopic (exact) mass is 250 g/mol. The van der Waals surface area contributed by atoms with Crippen LogP contribution in [0, 0.1) is 11.3 Å². The molecular weight excluding hydrogens is 232 g/mol. The number of nitrogens with zero attached hydrogens (tertiary/aromatic N) is 1. The van der Waals surface area contributed by atoms with Crippen LogP contribution >= 0.6 is 0 Å². The molecule has 16 heavy (non-hydrogen) atoms. The molecule has 0 rings (SSSR count). The van der Waals surface area contributed by atoms with Crippen molar-refractivity contribution in [1.82, 2.24) is 5.32 Å². The van der Waals surface area contributed by atoms with Crippen LogP contribution in [-0.4, -0.2) is 37.9 Å². The van der Waals surface area contributed by atoms with E-state index in [1.165, 1.54) is 7.05 Å². The van der Waals surface area contributed by atoms with E-state index in [1.807, 2.05) is 0 Å². The number of oxime groups is 1. The van der Waals surface area contributed by atoms with Gasteiger partial charge in [0.25, 0.3) is 0 Å². The van der Waals surface area contributed by atoms with Crippen molar-refractivity contribution in [2.45, 2.75) is 20.8 Å². The van der Waals surface area contributed by atoms with Crippen molar-refractivity contribution in [3.8, 4) is 0 Å². The third-order valence-electron chi connectivity index (χ3n) is 2.10. The highest BCUT2D eigenvalue weighted by molar-refractivity contribution is 8.05. The Balaban J connectivity index is 5.63. The number of hydrogen-bond acceptors (Lipinski definition) is 5. The Kier molecular flexibility index (Phi) is 4.48. The third kappa shape index (κ3) is 3.48. The predicted molar refractivity (Wildman–Crippen MR) is 61.1 cm³/mol. The lowest BCUT2D eigenvalue weighted by Crippen LogP contribution is -2.44. The SMILES string of the molecule is CNC(=O)C(C(=NO)S(C)(=O)=O)C(C)(C)C. The Hall–Kier alpha value is -1.11. The first-order valence-corrected chi connectivity index (χ1v) is 6.58. The fourth-order valence-electron chi connectivity index (χ4n) is 1.37. The Labute approximate surface area is 95.6 Å². The maximum atomic E-state index is 11.6. The molecule has 0 aromatic heterocycles. The molecule has 94 valence electrons. The molecule has 0 fully saturated rings. The Morgan fingerprint density at radius 2 is 1.81 bits per heavy atom. The van der Waals surface area contributed by atoms with E-state index in [0.717, 1.165) is 6.26 Å². The van der Waals surface area contributed by atoms with Gasteiger partial charge in [-0.3, -0.25) is 4.79 Å². The van der Waals surface area contributed by atoms with Gasteiger partial charge in [-0.1, -0.05) is 25.9 Å². The molecule has 0 bridgehead atoms. The lowest BCUT2D eigenvalue weighted by atomic mass is 9.80. The highest BCUT2D eigenvalue weighted by atomic mass is 32.2. The largest absolute Gasteiger partial charge is 0.410 e. The first-order valence-electron chi connectivity index (χ1n) is 4.69. The average Bonchev–Trinajstić information content (AvgIpc) is 2.08. The normalized spacial score (nSPS) is 15.7. The van der Waals surface area contributed by atoms with Crippen LogP contribution in [0.4, 0.5) is 0 Å². The van der Waals surface area contributed by atoms with Gasteiger partial charge in [0.15, 0.2) is 14.9 Å². The molecule has 0 aliphatic heterocycles. The van der Waals surface area contributed by atoms with Crippen LogP contribution in [0.1, 0.15) is 20.8 Å². The summed E-state index contributed by atoms with van der Waals surface area (Å²) in [5, 5.41) is 13.4. The first-order chi connectivity index (χ1) is 7.05. The van der Waals surface area contributed by atoms with Crippen molar-refractivity contribution in [2.75, 3.05) is 13.3 Å². The Morgan fingerprint density at radius 1 is 1.38 bits per heavy atom. The van der Waals surface area contributed by atoms with E-state index in [9.17, 15) is 13.2 Å². The zero-order valence-corrected chi connectivity index (χ0v) is 10.9. The number of amides is 1. The molecule has 0 aromatic rings. The van der Waals surface area contributed by atoms with Gasteiger partial charge in [-0.2, -0.15) is 0 Å². The minimum absolute atomic E-state index is 0.495. The molecule has 0 heterocycles. The second kappa shape index (κ2) is 4.82. The molecule has 0 spiro atoms. The van der Waals surface area contributed by atoms with Gasteiger partial charge in [0.2, 0.25) is 5.91 Å². The highest BCUT2D eigenvalue weighted by Crippen LogP contribution is 2.29. The number of hydrogen-bond donors (Lipinski definition) is 2. The molecular formula is C9H18N2O4S. The van der Waals surface area contributed by atoms with Crippen LogP contribution in [0.2, 0.25) is 0 Å². The highest BCUT2D eigenvalue weighted by Gasteiger charge is 2.40. The fourth-order valence-corrected chi connectivity index (χ4v) is 2.40. The summed E-state index contributed by atoms with van der Waals surface area (Å²) >= 11 is 0. The van der Waals surface area contributed by atoms with Crippen molar-refractivity contribution < 1.29 is 18.4 Å². The van der Waals surface area contributed by atoms with E-state index in [0.29, 0.717) is 0 Å². The van der Waals surface area contributed by atoms with Gasteiger partial charge in [0.05, 0.1) is 5.92 Å². The maximum Gasteiger partial charge on any atom is 0.230 e. The van der Waals surface area contributed by atoms with Crippen molar-refractivity contribution in [1.29, 1.82) is 0 Å². The summed E-state index contributed by atoms with van der Waals surface area (Å²) in [7, 11) is -2.31. The van der Waals surface area contributed by atoms with Crippen LogP contribution in [-0.2, 0) is 14.6 Å². The van der Waals surface area contributed by atoms with Gasteiger partial charge in [-0.05, 0) is 5.41 Å². The molecule has 1 amide bonds. The van der Waals surface area contributed by atoms with Gasteiger partial charge in [0.1, 0.15) is 0 Å². The summed E-state index contributed by atoms with van der Waals surface area (Å²) in [6.45, 7) is 5.09. The number of carbonyl (C=O) groups is 1. The summed E-state index contributed by atoms with van der Waals surface area (Å²) in [6.07, 6.45) is 0.906. The Morgan fingerprint density at radius 3 is 2.00 bits per heavy atom. The number of sulfone groups is 1. The maximum absolute atomic E-state index is 11.6. The van der Waals surface area contributed by atoms with Gasteiger partial charge in [0, 0.05) is 13.3 Å². The van der Waals surface area contributed by atoms with Crippen LogP contribution in [0.3, 0.4) is 0 Å². The molecule has 6 nitrogen and oxygen atoms in total. The van der Waals surface area contributed by atoms with E-state index < -0.39 is 32.1 Å². The van der Waals surface area contributed by atoms with Crippen LogP contribution in [0.5, 0.6) is 0 Å². The lowest BCUT2D eigenvalue weighted by molar-refractivity contribution is -0.124. The van der Waals surface area contributed by atoms with Crippen molar-refractivity contribution in [3.63, 3.8) is 0 Å². The zero-order valence-electron chi connectivity index (χ0n) is 10.1. The molecule has 0 radical (unpaired) electrons. The summed E-state index contributed by atoms with van der Waals surface area (Å²) in [6, 6.07) is 0. The van der Waals surface area contributed by atoms with E-state index in [4.69, 9.17) is 5.21 Å². The standard InChI is InChI=1S/C9H18N2O4S/c1-9(2,3)6(7(12)10-4)8(11-13)16(5,14)15/h6,13H,1-5H3,(H,10,12). The van der Waals surface area contributed by atoms with Gasteiger partial charge in [-0.25, -0.2) is 8.42 Å². The second-order valence-corrected chi connectivity index (χ2v) is 6.59. The van der Waals surface area contributed by atoms with E-state index in [1.54, 1.807) is 20.8 Å². The smallest absolute Gasteiger partial charge is 0.230 e. The summed E-state index contributed by atoms with van der Waals surface area (Å²) in [5.74, 6) is -1.51. The molecule has 0 saturated carbocycles. The topological polar surface area (TPSA) is 95.8 Å². The summed E-state index contributed by atoms with van der Waals surface area (Å²) < 4.78 is 22.8. The Bertz CT molecular complexity index is 392. The third-order valence-corrected chi connectivity index (χ3v) is 3.18. The van der Waals surface area contributed by atoms with Gasteiger partial charge < -0.3 is 10.5 Å². The molecule has 1 unspecified atom stereocenters. The van der Waals surface area contributed by atoms with Crippen LogP contribution in [0.15, 0.2) is 5.16 Å². The fraction of sp³-hybridized carbons (Fsp3) is 0.778. The minimum atomic E-state index is -3.71. The molecule has 1 atom stereocenters. The molecule has 0 aromatic carbocycles. The van der Waals surface area contributed by atoms with E-state index in [2.05, 4.69) is 10.5 Å².